The Labute approximate surface area is 376 Å². The van der Waals surface area contributed by atoms with Gasteiger partial charge in [0.05, 0.1) is 63.3 Å². The lowest BCUT2D eigenvalue weighted by atomic mass is 10.1. The number of nitrogens with one attached hydrogen (secondary N) is 2. The lowest BCUT2D eigenvalue weighted by Crippen LogP contribution is -2.24. The van der Waals surface area contributed by atoms with Crippen LogP contribution in [0.25, 0.3) is 0 Å². The van der Waals surface area contributed by atoms with Crippen molar-refractivity contribution in [3.63, 3.8) is 0 Å². The molecule has 0 saturated carbocycles. The van der Waals surface area contributed by atoms with Crippen LogP contribution >= 0.6 is 0 Å². The molecule has 0 aliphatic rings. The van der Waals surface area contributed by atoms with Gasteiger partial charge in [-0.2, -0.15) is 17.6 Å². The summed E-state index contributed by atoms with van der Waals surface area (Å²) in [6, 6.07) is 25.3. The van der Waals surface area contributed by atoms with Crippen molar-refractivity contribution in [3.05, 3.63) is 154 Å². The second-order valence-corrected chi connectivity index (χ2v) is 14.3. The topological polar surface area (TPSA) is 210 Å². The lowest BCUT2D eigenvalue weighted by molar-refractivity contribution is 0.0120. The number of ether oxygens (including phenoxy) is 4. The monoisotopic (exact) mass is 912 g/mol. The zero-order valence-electron chi connectivity index (χ0n) is 36.4. The number of hydrogen-bond donors (Lipinski definition) is 3. The van der Waals surface area contributed by atoms with E-state index in [2.05, 4.69) is 35.3 Å². The van der Waals surface area contributed by atoms with E-state index in [-0.39, 0.29) is 39.7 Å². The first-order chi connectivity index (χ1) is 31.3. The number of benzene rings is 2. The van der Waals surface area contributed by atoms with Crippen molar-refractivity contribution < 1.29 is 55.7 Å². The van der Waals surface area contributed by atoms with Crippen LogP contribution in [0.5, 0.6) is 11.5 Å². The maximum absolute atomic E-state index is 13.8. The first-order valence-electron chi connectivity index (χ1n) is 19.6. The molecule has 2 amide bonds. The van der Waals surface area contributed by atoms with Crippen LogP contribution in [0.4, 0.5) is 40.6 Å². The standard InChI is InChI=1S/C31H30F2N4O5.C15H14F2N4O3/c1-31(32,33)27-7-5-6-25(35-27)29(38)36-26-17-34-28(16-24(26)30(39)42-4)37(18-20-8-12-22(40-2)13-9-20)19-21-10-14-23(41-3)15-11-21;1-15(16,17)11-5-3-4-9(20-11)13(22)21-10-7-19-12(18)6-8(10)14(23)24-2/h5-17H,18-19H2,1-4H3,(H,36,38);3-7H,1-2H3,(H2,18,19)(H,21,22). The fourth-order valence-electron chi connectivity index (χ4n) is 5.95. The first-order valence-corrected chi connectivity index (χ1v) is 19.6. The number of esters is 2. The first kappa shape index (κ1) is 48.9. The summed E-state index contributed by atoms with van der Waals surface area (Å²) in [4.78, 5) is 67.3. The van der Waals surface area contributed by atoms with Gasteiger partial charge in [-0.05, 0) is 71.8 Å². The molecule has 0 aliphatic carbocycles. The second kappa shape index (κ2) is 21.5. The number of pyridine rings is 4. The van der Waals surface area contributed by atoms with Crippen LogP contribution in [0, 0.1) is 0 Å². The van der Waals surface area contributed by atoms with Gasteiger partial charge in [-0.15, -0.1) is 0 Å². The van der Waals surface area contributed by atoms with Gasteiger partial charge in [0, 0.05) is 26.9 Å². The third-order valence-electron chi connectivity index (χ3n) is 9.37. The predicted molar refractivity (Wildman–Crippen MR) is 235 cm³/mol. The van der Waals surface area contributed by atoms with Crippen molar-refractivity contribution in [1.82, 2.24) is 19.9 Å². The average Bonchev–Trinajstić information content (AvgIpc) is 3.31. The molecular weight excluding hydrogens is 869 g/mol. The number of nitrogen functional groups attached to an aromatic ring is 1. The van der Waals surface area contributed by atoms with Gasteiger partial charge >= 0.3 is 11.9 Å². The molecule has 0 saturated heterocycles. The van der Waals surface area contributed by atoms with Gasteiger partial charge < -0.3 is 40.2 Å². The molecule has 6 rings (SSSR count). The highest BCUT2D eigenvalue weighted by Crippen LogP contribution is 2.29. The maximum Gasteiger partial charge on any atom is 0.340 e. The van der Waals surface area contributed by atoms with Gasteiger partial charge in [0.15, 0.2) is 0 Å². The van der Waals surface area contributed by atoms with Gasteiger partial charge in [-0.25, -0.2) is 29.5 Å². The van der Waals surface area contributed by atoms with Crippen LogP contribution in [0.15, 0.2) is 109 Å². The van der Waals surface area contributed by atoms with Gasteiger partial charge in [0.25, 0.3) is 23.7 Å². The lowest BCUT2D eigenvalue weighted by Gasteiger charge is -2.25. The van der Waals surface area contributed by atoms with Gasteiger partial charge in [-0.1, -0.05) is 36.4 Å². The number of hydrogen-bond acceptors (Lipinski definition) is 14. The van der Waals surface area contributed by atoms with E-state index < -0.39 is 47.0 Å². The Balaban J connectivity index is 0.000000288. The summed E-state index contributed by atoms with van der Waals surface area (Å²) in [6.07, 6.45) is 2.49. The highest BCUT2D eigenvalue weighted by Gasteiger charge is 2.29. The van der Waals surface area contributed by atoms with Crippen LogP contribution in [-0.4, -0.2) is 72.1 Å². The molecule has 16 nitrogen and oxygen atoms in total. The Hall–Kier alpha value is -8.16. The quantitative estimate of drug-likeness (QED) is 0.0658. The number of halogens is 4. The number of carbonyl (C=O) groups is 4. The van der Waals surface area contributed by atoms with Crippen molar-refractivity contribution in [2.24, 2.45) is 0 Å². The third kappa shape index (κ3) is 13.0. The molecule has 66 heavy (non-hydrogen) atoms. The Kier molecular flexibility index (Phi) is 15.9. The Morgan fingerprint density at radius 3 is 1.41 bits per heavy atom. The normalized spacial score (nSPS) is 11.0. The fourth-order valence-corrected chi connectivity index (χ4v) is 5.95. The zero-order chi connectivity index (χ0) is 48.2. The van der Waals surface area contributed by atoms with Crippen LogP contribution < -0.4 is 30.7 Å². The molecule has 4 N–H and O–H groups in total. The minimum Gasteiger partial charge on any atom is -0.497 e. The minimum atomic E-state index is -3.23. The number of alkyl halides is 4. The number of nitrogens with zero attached hydrogens (tertiary/aromatic N) is 5. The van der Waals surface area contributed by atoms with E-state index >= 15 is 0 Å². The smallest absolute Gasteiger partial charge is 0.340 e. The number of anilines is 4. The van der Waals surface area contributed by atoms with E-state index in [9.17, 15) is 36.7 Å². The Morgan fingerprint density at radius 1 is 0.606 bits per heavy atom. The largest absolute Gasteiger partial charge is 0.497 e. The van der Waals surface area contributed by atoms with Crippen LogP contribution in [0.1, 0.15) is 78.1 Å². The summed E-state index contributed by atoms with van der Waals surface area (Å²) >= 11 is 0. The predicted octanol–water partition coefficient (Wildman–Crippen LogP) is 8.06. The van der Waals surface area contributed by atoms with Crippen LogP contribution in [0.3, 0.4) is 0 Å². The summed E-state index contributed by atoms with van der Waals surface area (Å²) in [6.45, 7) is 2.23. The van der Waals surface area contributed by atoms with Gasteiger partial charge in [-0.3, -0.25) is 9.59 Å². The molecule has 0 fully saturated rings. The molecule has 0 aliphatic heterocycles. The van der Waals surface area contributed by atoms with Crippen molar-refractivity contribution in [2.75, 3.05) is 49.7 Å². The molecule has 0 radical (unpaired) electrons. The minimum absolute atomic E-state index is 0.0182. The average molecular weight is 913 g/mol. The van der Waals surface area contributed by atoms with Crippen molar-refractivity contribution in [2.45, 2.75) is 38.8 Å². The highest BCUT2D eigenvalue weighted by atomic mass is 19.3. The second-order valence-electron chi connectivity index (χ2n) is 14.3. The number of nitrogens with two attached hydrogens (primary N) is 1. The summed E-state index contributed by atoms with van der Waals surface area (Å²) in [5.74, 6) is -7.50. The fraction of sp³-hybridized carbons (Fsp3) is 0.217. The molecule has 6 aromatic rings. The van der Waals surface area contributed by atoms with E-state index in [1.54, 1.807) is 14.2 Å². The van der Waals surface area contributed by atoms with Crippen LogP contribution in [-0.2, 0) is 34.4 Å². The molecule has 20 heteroatoms. The van der Waals surface area contributed by atoms with E-state index in [0.717, 1.165) is 29.5 Å². The molecule has 4 aromatic heterocycles. The maximum atomic E-state index is 13.8. The molecule has 4 heterocycles. The Bertz CT molecular complexity index is 2630. The highest BCUT2D eigenvalue weighted by molar-refractivity contribution is 6.08. The summed E-state index contributed by atoms with van der Waals surface area (Å²) in [7, 11) is 5.57. The zero-order valence-corrected chi connectivity index (χ0v) is 36.4. The number of carbonyl (C=O) groups excluding carboxylic acids is 4. The Morgan fingerprint density at radius 2 is 1.02 bits per heavy atom. The van der Waals surface area contributed by atoms with E-state index in [1.807, 2.05) is 53.4 Å². The molecule has 0 atom stereocenters. The van der Waals surface area contributed by atoms with Crippen molar-refractivity contribution >= 4 is 46.8 Å². The summed E-state index contributed by atoms with van der Waals surface area (Å²) in [5.41, 5.74) is 5.93. The van der Waals surface area contributed by atoms with Crippen molar-refractivity contribution in [3.8, 4) is 11.5 Å². The summed E-state index contributed by atoms with van der Waals surface area (Å²) in [5, 5.41) is 4.94. The van der Waals surface area contributed by atoms with Crippen molar-refractivity contribution in [1.29, 1.82) is 0 Å². The number of methoxy groups -OCH3 is 4. The van der Waals surface area contributed by atoms with E-state index in [1.165, 1.54) is 56.8 Å². The van der Waals surface area contributed by atoms with E-state index in [4.69, 9.17) is 19.9 Å². The number of amides is 2. The molecule has 344 valence electrons. The third-order valence-corrected chi connectivity index (χ3v) is 9.37. The van der Waals surface area contributed by atoms with Crippen LogP contribution in [0.2, 0.25) is 0 Å². The molecule has 0 bridgehead atoms. The number of aromatic nitrogens is 4. The number of rotatable bonds is 15. The van der Waals surface area contributed by atoms with Gasteiger partial charge in [0.2, 0.25) is 0 Å². The molecule has 0 spiro atoms. The van der Waals surface area contributed by atoms with E-state index in [0.29, 0.717) is 44.3 Å². The molecular formula is C46H44F4N8O8. The molecule has 2 aromatic carbocycles. The summed E-state index contributed by atoms with van der Waals surface area (Å²) < 4.78 is 74.2. The molecule has 0 unspecified atom stereocenters. The SMILES string of the molecule is COC(=O)c1cc(N(Cc2ccc(OC)cc2)Cc2ccc(OC)cc2)ncc1NC(=O)c1cccc(C(C)(F)F)n1.COC(=O)c1cc(N)ncc1NC(=O)c1cccc(C(C)(F)F)n1. The van der Waals surface area contributed by atoms with Gasteiger partial charge in [0.1, 0.15) is 45.9 Å².